The summed E-state index contributed by atoms with van der Waals surface area (Å²) in [5.74, 6) is 1.25. The quantitative estimate of drug-likeness (QED) is 0.552. The lowest BCUT2D eigenvalue weighted by molar-refractivity contribution is 0.168. The summed E-state index contributed by atoms with van der Waals surface area (Å²) in [5.41, 5.74) is 0. The number of hydrogen-bond donors (Lipinski definition) is 0. The van der Waals surface area contributed by atoms with E-state index in [0.29, 0.717) is 17.9 Å². The molecule has 1 fully saturated rings. The zero-order valence-corrected chi connectivity index (χ0v) is 6.60. The third kappa shape index (κ3) is 1.16. The summed E-state index contributed by atoms with van der Waals surface area (Å²) in [6.45, 7) is 0. The molecule has 11 heavy (non-hydrogen) atoms. The van der Waals surface area contributed by atoms with Crippen LogP contribution >= 0.6 is 0 Å². The lowest BCUT2D eigenvalue weighted by Crippen LogP contribution is -1.89. The average Bonchev–Trinajstić information content (AvgIpc) is 2.60. The number of rotatable bonds is 1. The number of allylic oxidation sites excluding steroid dienone is 4. The molecule has 0 aromatic heterocycles. The fourth-order valence-electron chi connectivity index (χ4n) is 1.63. The summed E-state index contributed by atoms with van der Waals surface area (Å²) in [6, 6.07) is 0. The van der Waals surface area contributed by atoms with Gasteiger partial charge in [-0.1, -0.05) is 36.5 Å². The van der Waals surface area contributed by atoms with Crippen LogP contribution in [0.3, 0.4) is 0 Å². The maximum absolute atomic E-state index is 5.29. The van der Waals surface area contributed by atoms with Crippen molar-refractivity contribution in [2.45, 2.75) is 6.10 Å². The molecule has 58 valence electrons. The first-order valence-electron chi connectivity index (χ1n) is 3.98. The van der Waals surface area contributed by atoms with Gasteiger partial charge in [-0.3, -0.25) is 0 Å². The number of hydrogen-bond acceptors (Lipinski definition) is 1. The van der Waals surface area contributed by atoms with Crippen molar-refractivity contribution in [2.24, 2.45) is 11.8 Å². The molecule has 1 nitrogen and oxygen atoms in total. The molecule has 0 saturated heterocycles. The van der Waals surface area contributed by atoms with Gasteiger partial charge >= 0.3 is 0 Å². The van der Waals surface area contributed by atoms with Crippen LogP contribution in [-0.2, 0) is 4.74 Å². The lowest BCUT2D eigenvalue weighted by Gasteiger charge is -1.87. The molecule has 1 heteroatoms. The Balaban J connectivity index is 2.12. The molecule has 0 spiro atoms. The maximum Gasteiger partial charge on any atom is 0.0709 e. The maximum atomic E-state index is 5.29. The van der Waals surface area contributed by atoms with E-state index in [1.165, 1.54) is 0 Å². The van der Waals surface area contributed by atoms with Crippen LogP contribution in [0.15, 0.2) is 36.5 Å². The van der Waals surface area contributed by atoms with Crippen molar-refractivity contribution in [3.05, 3.63) is 36.5 Å². The van der Waals surface area contributed by atoms with Gasteiger partial charge in [0.25, 0.3) is 0 Å². The van der Waals surface area contributed by atoms with E-state index in [2.05, 4.69) is 36.5 Å². The van der Waals surface area contributed by atoms with Crippen LogP contribution in [0.25, 0.3) is 0 Å². The Labute approximate surface area is 67.1 Å². The van der Waals surface area contributed by atoms with Crippen molar-refractivity contribution < 1.29 is 4.74 Å². The summed E-state index contributed by atoms with van der Waals surface area (Å²) in [6.07, 6.45) is 13.2. The van der Waals surface area contributed by atoms with Crippen LogP contribution in [0.5, 0.6) is 0 Å². The summed E-state index contributed by atoms with van der Waals surface area (Å²) in [7, 11) is 1.78. The van der Waals surface area contributed by atoms with E-state index in [0.717, 1.165) is 0 Å². The molecule has 2 rings (SSSR count). The Kier molecular flexibility index (Phi) is 1.66. The normalized spacial score (nSPS) is 48.3. The van der Waals surface area contributed by atoms with Crippen molar-refractivity contribution in [1.29, 1.82) is 0 Å². The van der Waals surface area contributed by atoms with E-state index in [1.807, 2.05) is 0 Å². The molecule has 0 aliphatic heterocycles. The molecule has 0 radical (unpaired) electrons. The van der Waals surface area contributed by atoms with Crippen molar-refractivity contribution in [1.82, 2.24) is 0 Å². The Morgan fingerprint density at radius 1 is 0.909 bits per heavy atom. The first-order chi connectivity index (χ1) is 5.43. The van der Waals surface area contributed by atoms with Crippen LogP contribution < -0.4 is 0 Å². The van der Waals surface area contributed by atoms with E-state index in [-0.39, 0.29) is 0 Å². The molecule has 0 amide bonds. The fourth-order valence-corrected chi connectivity index (χ4v) is 1.63. The number of ether oxygens (including phenoxy) is 1. The highest BCUT2D eigenvalue weighted by Gasteiger charge is 2.46. The molecular weight excluding hydrogens is 136 g/mol. The Morgan fingerprint density at radius 2 is 1.45 bits per heavy atom. The van der Waals surface area contributed by atoms with Gasteiger partial charge in [0, 0.05) is 18.9 Å². The zero-order chi connectivity index (χ0) is 7.68. The molecular formula is C10H12O. The highest BCUT2D eigenvalue weighted by molar-refractivity contribution is 5.25. The lowest BCUT2D eigenvalue weighted by atomic mass is 10.2. The molecule has 1 saturated carbocycles. The monoisotopic (exact) mass is 148 g/mol. The third-order valence-corrected chi connectivity index (χ3v) is 2.33. The first kappa shape index (κ1) is 6.86. The molecule has 2 aliphatic rings. The van der Waals surface area contributed by atoms with Crippen LogP contribution in [0.1, 0.15) is 0 Å². The van der Waals surface area contributed by atoms with Gasteiger partial charge in [0.1, 0.15) is 0 Å². The average molecular weight is 148 g/mol. The fraction of sp³-hybridized carbons (Fsp3) is 0.400. The summed E-state index contributed by atoms with van der Waals surface area (Å²) in [4.78, 5) is 0. The van der Waals surface area contributed by atoms with Gasteiger partial charge in [0.15, 0.2) is 0 Å². The van der Waals surface area contributed by atoms with Gasteiger partial charge in [0.05, 0.1) is 6.10 Å². The Hall–Kier alpha value is -0.820. The largest absolute Gasteiger partial charge is 0.380 e. The van der Waals surface area contributed by atoms with Crippen molar-refractivity contribution in [3.63, 3.8) is 0 Å². The molecule has 0 aromatic carbocycles. The van der Waals surface area contributed by atoms with Crippen molar-refractivity contribution in [2.75, 3.05) is 7.11 Å². The predicted molar refractivity (Wildman–Crippen MR) is 45.2 cm³/mol. The number of methoxy groups -OCH3 is 1. The van der Waals surface area contributed by atoms with Crippen LogP contribution in [0.2, 0.25) is 0 Å². The Morgan fingerprint density at radius 3 is 1.91 bits per heavy atom. The van der Waals surface area contributed by atoms with Gasteiger partial charge in [-0.05, 0) is 0 Å². The van der Waals surface area contributed by atoms with Crippen LogP contribution in [0, 0.1) is 11.8 Å². The van der Waals surface area contributed by atoms with E-state index in [9.17, 15) is 0 Å². The second kappa shape index (κ2) is 2.67. The van der Waals surface area contributed by atoms with Crippen molar-refractivity contribution in [3.8, 4) is 0 Å². The standard InChI is InChI=1S/C10H12O/c1-11-10-8-6-4-2-3-5-7-9(8)10/h2-10H,1H3/b3-2-,6-4-,7-5-. The zero-order valence-electron chi connectivity index (χ0n) is 6.60. The van der Waals surface area contributed by atoms with Crippen LogP contribution in [-0.4, -0.2) is 13.2 Å². The third-order valence-electron chi connectivity index (χ3n) is 2.33. The molecule has 0 aromatic rings. The highest BCUT2D eigenvalue weighted by atomic mass is 16.5. The molecule has 2 unspecified atom stereocenters. The summed E-state index contributed by atoms with van der Waals surface area (Å²) >= 11 is 0. The molecule has 2 atom stereocenters. The molecule has 2 aliphatic carbocycles. The second-order valence-electron chi connectivity index (χ2n) is 3.01. The predicted octanol–water partition coefficient (Wildman–Crippen LogP) is 1.93. The first-order valence-corrected chi connectivity index (χ1v) is 3.98. The minimum absolute atomic E-state index is 0.433. The van der Waals surface area contributed by atoms with Gasteiger partial charge in [-0.25, -0.2) is 0 Å². The summed E-state index contributed by atoms with van der Waals surface area (Å²) < 4.78 is 5.29. The summed E-state index contributed by atoms with van der Waals surface area (Å²) in [5, 5.41) is 0. The molecule has 0 heterocycles. The van der Waals surface area contributed by atoms with Gasteiger partial charge in [-0.2, -0.15) is 0 Å². The van der Waals surface area contributed by atoms with E-state index in [1.54, 1.807) is 7.11 Å². The molecule has 0 bridgehead atoms. The second-order valence-corrected chi connectivity index (χ2v) is 3.01. The van der Waals surface area contributed by atoms with E-state index in [4.69, 9.17) is 4.74 Å². The van der Waals surface area contributed by atoms with Gasteiger partial charge in [0.2, 0.25) is 0 Å². The van der Waals surface area contributed by atoms with Crippen LogP contribution in [0.4, 0.5) is 0 Å². The van der Waals surface area contributed by atoms with Crippen molar-refractivity contribution >= 4 is 0 Å². The minimum atomic E-state index is 0.433. The SMILES string of the molecule is COC1C2\C=C/C=C\C=C/C21. The topological polar surface area (TPSA) is 9.23 Å². The Bertz CT molecular complexity index is 203. The highest BCUT2D eigenvalue weighted by Crippen LogP contribution is 2.44. The molecule has 0 N–H and O–H groups in total. The van der Waals surface area contributed by atoms with E-state index < -0.39 is 0 Å². The van der Waals surface area contributed by atoms with E-state index >= 15 is 0 Å². The van der Waals surface area contributed by atoms with Gasteiger partial charge in [-0.15, -0.1) is 0 Å². The number of fused-ring (bicyclic) bond motifs is 1. The minimum Gasteiger partial charge on any atom is -0.380 e. The van der Waals surface area contributed by atoms with Gasteiger partial charge < -0.3 is 4.74 Å². The smallest absolute Gasteiger partial charge is 0.0709 e.